The van der Waals surface area contributed by atoms with E-state index in [0.717, 1.165) is 12.0 Å². The van der Waals surface area contributed by atoms with E-state index in [1.54, 1.807) is 7.11 Å². The van der Waals surface area contributed by atoms with Crippen LogP contribution in [0.5, 0.6) is 0 Å². The SMILES string of the molecule is COCC(O)(CCCN)c1ccc(C(C)C)cc1. The molecular weight excluding hydrogens is 226 g/mol. The first-order valence-corrected chi connectivity index (χ1v) is 6.55. The average molecular weight is 251 g/mol. The number of benzene rings is 1. The van der Waals surface area contributed by atoms with Crippen LogP contribution in [0.2, 0.25) is 0 Å². The van der Waals surface area contributed by atoms with Gasteiger partial charge in [0.1, 0.15) is 5.60 Å². The van der Waals surface area contributed by atoms with Crippen molar-refractivity contribution in [2.45, 2.75) is 38.2 Å². The molecular formula is C15H25NO2. The third-order valence-corrected chi connectivity index (χ3v) is 3.29. The van der Waals surface area contributed by atoms with E-state index in [2.05, 4.69) is 26.0 Å². The molecule has 1 atom stereocenters. The highest BCUT2D eigenvalue weighted by Gasteiger charge is 2.28. The third-order valence-electron chi connectivity index (χ3n) is 3.29. The zero-order valence-corrected chi connectivity index (χ0v) is 11.6. The van der Waals surface area contributed by atoms with Gasteiger partial charge in [0.05, 0.1) is 6.61 Å². The Morgan fingerprint density at radius 1 is 1.28 bits per heavy atom. The van der Waals surface area contributed by atoms with Crippen molar-refractivity contribution < 1.29 is 9.84 Å². The summed E-state index contributed by atoms with van der Waals surface area (Å²) in [6.45, 7) is 5.19. The van der Waals surface area contributed by atoms with Crippen LogP contribution in [-0.4, -0.2) is 25.4 Å². The van der Waals surface area contributed by atoms with Gasteiger partial charge in [-0.2, -0.15) is 0 Å². The van der Waals surface area contributed by atoms with Crippen molar-refractivity contribution >= 4 is 0 Å². The van der Waals surface area contributed by atoms with Gasteiger partial charge >= 0.3 is 0 Å². The number of ether oxygens (including phenoxy) is 1. The van der Waals surface area contributed by atoms with Gasteiger partial charge in [-0.15, -0.1) is 0 Å². The van der Waals surface area contributed by atoms with Gasteiger partial charge in [-0.05, 0) is 36.4 Å². The summed E-state index contributed by atoms with van der Waals surface area (Å²) in [6, 6.07) is 8.13. The summed E-state index contributed by atoms with van der Waals surface area (Å²) < 4.78 is 5.15. The highest BCUT2D eigenvalue weighted by atomic mass is 16.5. The number of rotatable bonds is 7. The summed E-state index contributed by atoms with van der Waals surface area (Å²) in [5.74, 6) is 0.499. The van der Waals surface area contributed by atoms with E-state index in [1.165, 1.54) is 5.56 Å². The molecule has 0 aliphatic carbocycles. The van der Waals surface area contributed by atoms with Gasteiger partial charge < -0.3 is 15.6 Å². The quantitative estimate of drug-likeness (QED) is 0.782. The van der Waals surface area contributed by atoms with Gasteiger partial charge in [0, 0.05) is 7.11 Å². The van der Waals surface area contributed by atoms with Crippen LogP contribution in [0.3, 0.4) is 0 Å². The number of nitrogens with two attached hydrogens (primary N) is 1. The van der Waals surface area contributed by atoms with Crippen LogP contribution >= 0.6 is 0 Å². The van der Waals surface area contributed by atoms with Gasteiger partial charge in [-0.3, -0.25) is 0 Å². The lowest BCUT2D eigenvalue weighted by Crippen LogP contribution is -2.32. The maximum atomic E-state index is 10.7. The van der Waals surface area contributed by atoms with Crippen LogP contribution in [-0.2, 0) is 10.3 Å². The van der Waals surface area contributed by atoms with Gasteiger partial charge in [-0.25, -0.2) is 0 Å². The van der Waals surface area contributed by atoms with E-state index in [4.69, 9.17) is 10.5 Å². The molecule has 0 saturated carbocycles. The van der Waals surface area contributed by atoms with Crippen molar-refractivity contribution in [3.05, 3.63) is 35.4 Å². The number of methoxy groups -OCH3 is 1. The lowest BCUT2D eigenvalue weighted by molar-refractivity contribution is -0.0429. The standard InChI is InChI=1S/C15H25NO2/c1-12(2)13-5-7-14(8-6-13)15(17,11-18-3)9-4-10-16/h5-8,12,17H,4,9-11,16H2,1-3H3. The Kier molecular flexibility index (Phi) is 5.79. The van der Waals surface area contributed by atoms with E-state index in [0.29, 0.717) is 25.5 Å². The maximum absolute atomic E-state index is 10.7. The van der Waals surface area contributed by atoms with E-state index < -0.39 is 5.60 Å². The van der Waals surface area contributed by atoms with E-state index in [-0.39, 0.29) is 0 Å². The molecule has 0 amide bonds. The minimum atomic E-state index is -0.927. The second kappa shape index (κ2) is 6.88. The predicted octanol–water partition coefficient (Wildman–Crippen LogP) is 2.38. The lowest BCUT2D eigenvalue weighted by Gasteiger charge is -2.28. The van der Waals surface area contributed by atoms with Crippen molar-refractivity contribution in [1.82, 2.24) is 0 Å². The third kappa shape index (κ3) is 3.80. The first-order valence-electron chi connectivity index (χ1n) is 6.55. The Morgan fingerprint density at radius 2 is 1.89 bits per heavy atom. The summed E-state index contributed by atoms with van der Waals surface area (Å²) in [6.07, 6.45) is 1.41. The van der Waals surface area contributed by atoms with Crippen LogP contribution in [0, 0.1) is 0 Å². The molecule has 18 heavy (non-hydrogen) atoms. The van der Waals surface area contributed by atoms with Crippen molar-refractivity contribution in [1.29, 1.82) is 0 Å². The van der Waals surface area contributed by atoms with Crippen molar-refractivity contribution in [3.63, 3.8) is 0 Å². The molecule has 0 heterocycles. The Hall–Kier alpha value is -0.900. The van der Waals surface area contributed by atoms with Gasteiger partial charge in [0.15, 0.2) is 0 Å². The van der Waals surface area contributed by atoms with Gasteiger partial charge in [-0.1, -0.05) is 38.1 Å². The maximum Gasteiger partial charge on any atom is 0.113 e. The normalized spacial score (nSPS) is 14.8. The summed E-state index contributed by atoms with van der Waals surface area (Å²) in [5, 5.41) is 10.7. The second-order valence-corrected chi connectivity index (χ2v) is 5.13. The lowest BCUT2D eigenvalue weighted by atomic mass is 9.88. The van der Waals surface area contributed by atoms with E-state index in [9.17, 15) is 5.11 Å². The molecule has 3 nitrogen and oxygen atoms in total. The summed E-state index contributed by atoms with van der Waals surface area (Å²) >= 11 is 0. The molecule has 0 fully saturated rings. The van der Waals surface area contributed by atoms with Crippen molar-refractivity contribution in [3.8, 4) is 0 Å². The molecule has 0 spiro atoms. The topological polar surface area (TPSA) is 55.5 Å². The number of hydrogen-bond donors (Lipinski definition) is 2. The fourth-order valence-corrected chi connectivity index (χ4v) is 2.11. The first kappa shape index (κ1) is 15.2. The molecule has 1 unspecified atom stereocenters. The molecule has 0 aromatic heterocycles. The molecule has 0 saturated heterocycles. The molecule has 0 aliphatic heterocycles. The number of hydrogen-bond acceptors (Lipinski definition) is 3. The van der Waals surface area contributed by atoms with Crippen molar-refractivity contribution in [2.24, 2.45) is 5.73 Å². The van der Waals surface area contributed by atoms with E-state index >= 15 is 0 Å². The van der Waals surface area contributed by atoms with Crippen molar-refractivity contribution in [2.75, 3.05) is 20.3 Å². The smallest absolute Gasteiger partial charge is 0.113 e. The summed E-state index contributed by atoms with van der Waals surface area (Å²) in [5.41, 5.74) is 6.78. The minimum Gasteiger partial charge on any atom is -0.383 e. The largest absolute Gasteiger partial charge is 0.383 e. The molecule has 1 aromatic carbocycles. The highest BCUT2D eigenvalue weighted by Crippen LogP contribution is 2.28. The van der Waals surface area contributed by atoms with Crippen LogP contribution < -0.4 is 5.73 Å². The van der Waals surface area contributed by atoms with E-state index in [1.807, 2.05) is 12.1 Å². The Balaban J connectivity index is 2.91. The van der Waals surface area contributed by atoms with Crippen LogP contribution in [0.15, 0.2) is 24.3 Å². The summed E-state index contributed by atoms with van der Waals surface area (Å²) in [4.78, 5) is 0. The molecule has 102 valence electrons. The average Bonchev–Trinajstić information content (AvgIpc) is 2.37. The van der Waals surface area contributed by atoms with Gasteiger partial charge in [0.2, 0.25) is 0 Å². The monoisotopic (exact) mass is 251 g/mol. The fraction of sp³-hybridized carbons (Fsp3) is 0.600. The Labute approximate surface area is 110 Å². The van der Waals surface area contributed by atoms with Crippen LogP contribution in [0.25, 0.3) is 0 Å². The predicted molar refractivity (Wildman–Crippen MR) is 74.6 cm³/mol. The zero-order valence-electron chi connectivity index (χ0n) is 11.6. The zero-order chi connectivity index (χ0) is 13.6. The summed E-state index contributed by atoms with van der Waals surface area (Å²) in [7, 11) is 1.61. The highest BCUT2D eigenvalue weighted by molar-refractivity contribution is 5.29. The first-order chi connectivity index (χ1) is 8.53. The molecule has 0 radical (unpaired) electrons. The molecule has 0 bridgehead atoms. The molecule has 1 rings (SSSR count). The van der Waals surface area contributed by atoms with Gasteiger partial charge in [0.25, 0.3) is 0 Å². The molecule has 3 heteroatoms. The second-order valence-electron chi connectivity index (χ2n) is 5.13. The Morgan fingerprint density at radius 3 is 2.33 bits per heavy atom. The molecule has 0 aliphatic rings. The Bertz CT molecular complexity index is 348. The fourth-order valence-electron chi connectivity index (χ4n) is 2.11. The number of aliphatic hydroxyl groups is 1. The minimum absolute atomic E-state index is 0.300. The van der Waals surface area contributed by atoms with Crippen LogP contribution in [0.1, 0.15) is 43.7 Å². The van der Waals surface area contributed by atoms with Crippen LogP contribution in [0.4, 0.5) is 0 Å². The molecule has 1 aromatic rings. The molecule has 3 N–H and O–H groups in total.